The Morgan fingerprint density at radius 2 is 2.00 bits per heavy atom. The molecule has 0 aromatic rings. The zero-order chi connectivity index (χ0) is 9.78. The molecule has 0 N–H and O–H groups in total. The van der Waals surface area contributed by atoms with Gasteiger partial charge in [-0.1, -0.05) is 25.8 Å². The van der Waals surface area contributed by atoms with Crippen LogP contribution in [0, 0.1) is 17.8 Å². The third-order valence-electron chi connectivity index (χ3n) is 1.54. The van der Waals surface area contributed by atoms with Gasteiger partial charge in [-0.25, -0.2) is 0 Å². The summed E-state index contributed by atoms with van der Waals surface area (Å²) < 4.78 is 0. The Labute approximate surface area is 74.9 Å². The molecular formula is C11H16O. The van der Waals surface area contributed by atoms with E-state index in [2.05, 4.69) is 5.92 Å². The number of ketones is 1. The summed E-state index contributed by atoms with van der Waals surface area (Å²) in [6, 6.07) is 0. The molecule has 66 valence electrons. The first kappa shape index (κ1) is 11.0. The standard InChI is InChI=1S/C11H16O/c1-6-9(2)7-11(4,5)8-10(3)12/h1,7H,8H2,2-5H3/b9-7+. The number of hydrogen-bond acceptors (Lipinski definition) is 1. The maximum Gasteiger partial charge on any atom is 0.130 e. The summed E-state index contributed by atoms with van der Waals surface area (Å²) in [5.74, 6) is 2.74. The highest BCUT2D eigenvalue weighted by Gasteiger charge is 2.16. The van der Waals surface area contributed by atoms with E-state index in [0.29, 0.717) is 6.42 Å². The van der Waals surface area contributed by atoms with Gasteiger partial charge in [-0.05, 0) is 24.8 Å². The van der Waals surface area contributed by atoms with Crippen LogP contribution in [0.25, 0.3) is 0 Å². The van der Waals surface area contributed by atoms with Crippen molar-refractivity contribution in [1.29, 1.82) is 0 Å². The first-order valence-corrected chi connectivity index (χ1v) is 4.03. The van der Waals surface area contributed by atoms with E-state index in [1.807, 2.05) is 26.8 Å². The van der Waals surface area contributed by atoms with Crippen LogP contribution in [-0.2, 0) is 4.79 Å². The SMILES string of the molecule is C#C/C(C)=C/C(C)(C)CC(C)=O. The molecule has 0 bridgehead atoms. The van der Waals surface area contributed by atoms with E-state index in [0.717, 1.165) is 5.57 Å². The highest BCUT2D eigenvalue weighted by atomic mass is 16.1. The van der Waals surface area contributed by atoms with Crippen molar-refractivity contribution in [3.63, 3.8) is 0 Å². The first-order chi connectivity index (χ1) is 5.37. The molecule has 0 aromatic carbocycles. The van der Waals surface area contributed by atoms with Crippen molar-refractivity contribution in [2.24, 2.45) is 5.41 Å². The highest BCUT2D eigenvalue weighted by molar-refractivity contribution is 5.76. The zero-order valence-electron chi connectivity index (χ0n) is 8.27. The molecule has 0 fully saturated rings. The lowest BCUT2D eigenvalue weighted by atomic mass is 9.86. The fraction of sp³-hybridized carbons (Fsp3) is 0.545. The summed E-state index contributed by atoms with van der Waals surface area (Å²) in [4.78, 5) is 10.8. The normalized spacial score (nSPS) is 12.4. The summed E-state index contributed by atoms with van der Waals surface area (Å²) in [5, 5.41) is 0. The van der Waals surface area contributed by atoms with Gasteiger partial charge in [0.15, 0.2) is 0 Å². The minimum atomic E-state index is -0.109. The van der Waals surface area contributed by atoms with Gasteiger partial charge in [0, 0.05) is 6.42 Å². The molecule has 0 rings (SSSR count). The summed E-state index contributed by atoms with van der Waals surface area (Å²) in [6.07, 6.45) is 7.72. The van der Waals surface area contributed by atoms with E-state index in [1.54, 1.807) is 6.92 Å². The molecule has 0 heterocycles. The van der Waals surface area contributed by atoms with Crippen LogP contribution in [0.4, 0.5) is 0 Å². The largest absolute Gasteiger partial charge is 0.300 e. The predicted molar refractivity (Wildman–Crippen MR) is 51.7 cm³/mol. The number of carbonyl (C=O) groups excluding carboxylic acids is 1. The molecule has 0 unspecified atom stereocenters. The van der Waals surface area contributed by atoms with E-state index in [4.69, 9.17) is 6.42 Å². The van der Waals surface area contributed by atoms with E-state index >= 15 is 0 Å². The second kappa shape index (κ2) is 4.11. The maximum absolute atomic E-state index is 10.8. The van der Waals surface area contributed by atoms with Gasteiger partial charge >= 0.3 is 0 Å². The van der Waals surface area contributed by atoms with Crippen molar-refractivity contribution in [1.82, 2.24) is 0 Å². The first-order valence-electron chi connectivity index (χ1n) is 4.03. The number of rotatable bonds is 3. The van der Waals surface area contributed by atoms with Crippen LogP contribution >= 0.6 is 0 Å². The summed E-state index contributed by atoms with van der Waals surface area (Å²) in [5.41, 5.74) is 0.781. The minimum Gasteiger partial charge on any atom is -0.300 e. The topological polar surface area (TPSA) is 17.1 Å². The van der Waals surface area contributed by atoms with E-state index in [9.17, 15) is 4.79 Å². The van der Waals surface area contributed by atoms with Crippen LogP contribution in [0.3, 0.4) is 0 Å². The third-order valence-corrected chi connectivity index (χ3v) is 1.54. The van der Waals surface area contributed by atoms with Crippen LogP contribution in [0.15, 0.2) is 11.6 Å². The van der Waals surface area contributed by atoms with E-state index in [-0.39, 0.29) is 11.2 Å². The van der Waals surface area contributed by atoms with Crippen molar-refractivity contribution in [3.8, 4) is 12.3 Å². The molecule has 0 atom stereocenters. The molecule has 0 aliphatic heterocycles. The number of carbonyl (C=O) groups is 1. The van der Waals surface area contributed by atoms with Gasteiger partial charge in [0.05, 0.1) is 0 Å². The van der Waals surface area contributed by atoms with Crippen LogP contribution in [-0.4, -0.2) is 5.78 Å². The number of terminal acetylenes is 1. The van der Waals surface area contributed by atoms with Crippen LogP contribution in [0.1, 0.15) is 34.1 Å². The average Bonchev–Trinajstić information content (AvgIpc) is 1.83. The summed E-state index contributed by atoms with van der Waals surface area (Å²) >= 11 is 0. The summed E-state index contributed by atoms with van der Waals surface area (Å²) in [6.45, 7) is 7.49. The molecule has 0 aromatic heterocycles. The highest BCUT2D eigenvalue weighted by Crippen LogP contribution is 2.23. The molecule has 0 aliphatic carbocycles. The third kappa shape index (κ3) is 4.73. The Balaban J connectivity index is 4.43. The lowest BCUT2D eigenvalue weighted by Gasteiger charge is -2.18. The minimum absolute atomic E-state index is 0.109. The second-order valence-electron chi connectivity index (χ2n) is 3.84. The van der Waals surface area contributed by atoms with Gasteiger partial charge in [-0.3, -0.25) is 4.79 Å². The molecular weight excluding hydrogens is 148 g/mol. The predicted octanol–water partition coefficient (Wildman–Crippen LogP) is 2.57. The Bertz CT molecular complexity index is 238. The van der Waals surface area contributed by atoms with Gasteiger partial charge in [-0.2, -0.15) is 0 Å². The van der Waals surface area contributed by atoms with Crippen molar-refractivity contribution < 1.29 is 4.79 Å². The van der Waals surface area contributed by atoms with Gasteiger partial charge < -0.3 is 0 Å². The fourth-order valence-electron chi connectivity index (χ4n) is 1.32. The zero-order valence-corrected chi connectivity index (χ0v) is 8.27. The van der Waals surface area contributed by atoms with Crippen molar-refractivity contribution in [2.45, 2.75) is 34.1 Å². The lowest BCUT2D eigenvalue weighted by molar-refractivity contribution is -0.118. The number of Topliss-reactive ketones (excluding diaryl/α,β-unsaturated/α-hetero) is 1. The lowest BCUT2D eigenvalue weighted by Crippen LogP contribution is -2.12. The molecule has 0 saturated carbocycles. The number of hydrogen-bond donors (Lipinski definition) is 0. The quantitative estimate of drug-likeness (QED) is 0.586. The Morgan fingerprint density at radius 3 is 2.33 bits per heavy atom. The second-order valence-corrected chi connectivity index (χ2v) is 3.84. The Kier molecular flexibility index (Phi) is 3.76. The molecule has 0 spiro atoms. The fourth-order valence-corrected chi connectivity index (χ4v) is 1.32. The van der Waals surface area contributed by atoms with Gasteiger partial charge in [0.25, 0.3) is 0 Å². The van der Waals surface area contributed by atoms with Gasteiger partial charge in [0.2, 0.25) is 0 Å². The maximum atomic E-state index is 10.8. The summed E-state index contributed by atoms with van der Waals surface area (Å²) in [7, 11) is 0. The molecule has 0 saturated heterocycles. The van der Waals surface area contributed by atoms with E-state index in [1.165, 1.54) is 0 Å². The molecule has 0 amide bonds. The molecule has 1 nitrogen and oxygen atoms in total. The molecule has 1 heteroatoms. The monoisotopic (exact) mass is 164 g/mol. The van der Waals surface area contributed by atoms with Crippen molar-refractivity contribution in [2.75, 3.05) is 0 Å². The van der Waals surface area contributed by atoms with Crippen LogP contribution < -0.4 is 0 Å². The molecule has 0 aliphatic rings. The van der Waals surface area contributed by atoms with Crippen molar-refractivity contribution >= 4 is 5.78 Å². The number of allylic oxidation sites excluding steroid dienone is 2. The van der Waals surface area contributed by atoms with E-state index < -0.39 is 0 Å². The van der Waals surface area contributed by atoms with Crippen LogP contribution in [0.2, 0.25) is 0 Å². The van der Waals surface area contributed by atoms with Crippen molar-refractivity contribution in [3.05, 3.63) is 11.6 Å². The molecule has 0 radical (unpaired) electrons. The van der Waals surface area contributed by atoms with Gasteiger partial charge in [-0.15, -0.1) is 6.42 Å². The molecule has 12 heavy (non-hydrogen) atoms. The smallest absolute Gasteiger partial charge is 0.130 e. The Hall–Kier alpha value is -1.03. The van der Waals surface area contributed by atoms with Crippen LogP contribution in [0.5, 0.6) is 0 Å². The average molecular weight is 164 g/mol. The van der Waals surface area contributed by atoms with Gasteiger partial charge in [0.1, 0.15) is 5.78 Å². The Morgan fingerprint density at radius 1 is 1.50 bits per heavy atom.